The Hall–Kier alpha value is -10.9. The van der Waals surface area contributed by atoms with E-state index in [1.165, 1.54) is 44.5 Å². The van der Waals surface area contributed by atoms with E-state index in [0.29, 0.717) is 72.7 Å². The number of aromatic amines is 3. The second-order valence-corrected chi connectivity index (χ2v) is 33.1. The summed E-state index contributed by atoms with van der Waals surface area (Å²) in [4.78, 5) is 193. The number of amides is 6. The van der Waals surface area contributed by atoms with Crippen molar-refractivity contribution in [2.75, 3.05) is 61.7 Å². The Bertz CT molecular complexity index is 5240. The SMILES string of the molecule is CC[C@H]1c2cc3[nH]c4c(c3C)C(=O)[C@H](C(=O)OC)c4c3nc(cc4[nH]c(cc(n2)[C@@H]1C)c(C(C)=O)c4C)[C@@H](C)[C@@H]3CCCNC(CC(=O)NC1C(O)OC(CO)C(O)C1O)C(=O)NCCSSC[C@H](NC(=O)[C@H](CC(=O)NCCS(=O)(=O)O)NC(=O)CC[C@H](NC(=O)c1ccc(NCc2cnc3nc(N)[nH]c(=O)c3n2)cc1)C(=O)O)C(=O)O. The zero-order chi connectivity index (χ0) is 85.9. The molecule has 1 saturated heterocycles. The first-order chi connectivity index (χ1) is 56.0. The number of hydrogen-bond donors (Lipinski definition) is 19. The summed E-state index contributed by atoms with van der Waals surface area (Å²) in [6.45, 7) is 9.66. The van der Waals surface area contributed by atoms with Crippen molar-refractivity contribution in [3.63, 3.8) is 0 Å². The number of carboxylic acid groups (broad SMARTS) is 2. The predicted molar refractivity (Wildman–Crippen MR) is 427 cm³/mol. The lowest BCUT2D eigenvalue weighted by molar-refractivity contribution is -0.253. The van der Waals surface area contributed by atoms with Crippen LogP contribution in [0, 0.1) is 13.8 Å². The van der Waals surface area contributed by atoms with Gasteiger partial charge in [0.2, 0.25) is 35.5 Å². The number of nitrogen functional groups attached to an aromatic ring is 1. The molecular weight excluding hydrogens is 1600 g/mol. The number of carboxylic acids is 2. The Kier molecular flexibility index (Phi) is 29.6. The van der Waals surface area contributed by atoms with Crippen molar-refractivity contribution in [1.82, 2.24) is 77.1 Å². The molecule has 10 rings (SSSR count). The lowest BCUT2D eigenvalue weighted by Gasteiger charge is -2.40. The number of aryl methyl sites for hydroxylation is 2. The average Bonchev–Trinajstić information content (AvgIpc) is 1.56. The molecule has 5 aromatic heterocycles. The number of fused-ring (bicyclic) bond motifs is 9. The maximum atomic E-state index is 14.8. The average molecular weight is 1700 g/mol. The van der Waals surface area contributed by atoms with Gasteiger partial charge in [-0.3, -0.25) is 67.5 Å². The third kappa shape index (κ3) is 21.3. The van der Waals surface area contributed by atoms with Gasteiger partial charge in [0.1, 0.15) is 48.4 Å². The lowest BCUT2D eigenvalue weighted by Crippen LogP contribution is -2.64. The van der Waals surface area contributed by atoms with Crippen LogP contribution < -0.4 is 53.8 Å². The molecule has 6 unspecified atom stereocenters. The topological polar surface area (TPSA) is 633 Å². The van der Waals surface area contributed by atoms with Crippen LogP contribution in [0.1, 0.15) is 178 Å². The number of ketones is 2. The first kappa shape index (κ1) is 89.4. The van der Waals surface area contributed by atoms with Gasteiger partial charge in [0.15, 0.2) is 29.0 Å². The summed E-state index contributed by atoms with van der Waals surface area (Å²) in [5.41, 5.74) is 12.7. The molecule has 1 fully saturated rings. The van der Waals surface area contributed by atoms with Gasteiger partial charge in [-0.15, -0.1) is 0 Å². The van der Waals surface area contributed by atoms with Crippen LogP contribution in [0.25, 0.3) is 33.2 Å². The van der Waals surface area contributed by atoms with Gasteiger partial charge in [-0.05, 0) is 107 Å². The van der Waals surface area contributed by atoms with Gasteiger partial charge >= 0.3 is 17.9 Å². The molecule has 6 amide bonds. The number of aliphatic hydroxyl groups is 4. The third-order valence-corrected chi connectivity index (χ3v) is 24.1. The van der Waals surface area contributed by atoms with Gasteiger partial charge in [0, 0.05) is 111 Å². The van der Waals surface area contributed by atoms with E-state index in [0.717, 1.165) is 39.4 Å². The zero-order valence-electron chi connectivity index (χ0n) is 65.0. The minimum atomic E-state index is -4.59. The molecule has 0 saturated carbocycles. The van der Waals surface area contributed by atoms with Crippen molar-refractivity contribution in [2.24, 2.45) is 0 Å². The van der Waals surface area contributed by atoms with Crippen LogP contribution in [0.3, 0.4) is 0 Å². The number of aromatic nitrogens is 8. The number of carbonyl (C=O) groups is 11. The second-order valence-electron chi connectivity index (χ2n) is 28.9. The number of nitrogens with one attached hydrogen (secondary N) is 11. The number of aliphatic carboxylic acids is 2. The maximum absolute atomic E-state index is 14.8. The minimum absolute atomic E-state index is 0.00294. The number of methoxy groups -OCH3 is 1. The van der Waals surface area contributed by atoms with Crippen LogP contribution in [-0.2, 0) is 64.5 Å². The highest BCUT2D eigenvalue weighted by molar-refractivity contribution is 8.76. The summed E-state index contributed by atoms with van der Waals surface area (Å²) in [6, 6.07) is 3.01. The Morgan fingerprint density at radius 1 is 0.737 bits per heavy atom. The van der Waals surface area contributed by atoms with E-state index < -0.39 is 198 Å². The fraction of sp³-hybridized carbons (Fsp3) is 0.480. The van der Waals surface area contributed by atoms with Crippen molar-refractivity contribution < 1.29 is 106 Å². The molecule has 20 N–H and O–H groups in total. The number of H-pyrrole nitrogens is 3. The van der Waals surface area contributed by atoms with Gasteiger partial charge in [-0.2, -0.15) is 13.4 Å². The van der Waals surface area contributed by atoms with Gasteiger partial charge < -0.3 is 98.3 Å². The van der Waals surface area contributed by atoms with E-state index in [4.69, 9.17) is 25.2 Å². The molecule has 6 aromatic rings. The van der Waals surface area contributed by atoms with Crippen molar-refractivity contribution in [2.45, 2.75) is 177 Å². The minimum Gasteiger partial charge on any atom is -0.480 e. The Morgan fingerprint density at radius 3 is 2.09 bits per heavy atom. The molecular formula is C75H93N17O23S3. The fourth-order valence-corrected chi connectivity index (χ4v) is 17.1. The van der Waals surface area contributed by atoms with Gasteiger partial charge in [-0.1, -0.05) is 42.4 Å². The van der Waals surface area contributed by atoms with Crippen LogP contribution in [-0.4, -0.2) is 254 Å². The number of hydrogen-bond acceptors (Lipinski definition) is 30. The molecule has 118 heavy (non-hydrogen) atoms. The number of nitrogens with two attached hydrogens (primary N) is 1. The summed E-state index contributed by atoms with van der Waals surface area (Å²) in [5, 5.41) is 82.6. The molecule has 0 spiro atoms. The predicted octanol–water partition coefficient (Wildman–Crippen LogP) is 0.646. The number of ether oxygens (including phenoxy) is 2. The zero-order valence-corrected chi connectivity index (χ0v) is 67.5. The molecule has 0 radical (unpaired) electrons. The Morgan fingerprint density at radius 2 is 1.42 bits per heavy atom. The van der Waals surface area contributed by atoms with Crippen molar-refractivity contribution in [3.8, 4) is 0 Å². The smallest absolute Gasteiger partial charge is 0.327 e. The molecule has 14 atom stereocenters. The molecule has 634 valence electrons. The number of rotatable bonds is 37. The molecule has 43 heteroatoms. The van der Waals surface area contributed by atoms with Crippen LogP contribution in [0.5, 0.6) is 0 Å². The van der Waals surface area contributed by atoms with Gasteiger partial charge in [0.05, 0.1) is 73.5 Å². The first-order valence-electron chi connectivity index (χ1n) is 37.7. The summed E-state index contributed by atoms with van der Waals surface area (Å²) in [5.74, 6) is -14.4. The monoisotopic (exact) mass is 1700 g/mol. The summed E-state index contributed by atoms with van der Waals surface area (Å²) in [6.07, 6.45) is -7.17. The molecule has 3 aliphatic heterocycles. The molecule has 4 aliphatic rings. The van der Waals surface area contributed by atoms with E-state index in [2.05, 4.69) is 86.3 Å². The normalized spacial score (nSPS) is 20.5. The highest BCUT2D eigenvalue weighted by Gasteiger charge is 2.47. The maximum Gasteiger partial charge on any atom is 0.327 e. The molecule has 1 aromatic carbocycles. The number of carbonyl (C=O) groups excluding carboxylic acids is 9. The van der Waals surface area contributed by atoms with Crippen molar-refractivity contribution in [1.29, 1.82) is 0 Å². The van der Waals surface area contributed by atoms with Crippen LogP contribution >= 0.6 is 21.6 Å². The highest BCUT2D eigenvalue weighted by atomic mass is 33.1. The Balaban J connectivity index is 0.793. The fourth-order valence-electron chi connectivity index (χ4n) is 14.6. The number of Topliss-reactive ketones (excluding diaryl/α,β-unsaturated/α-hetero) is 2. The van der Waals surface area contributed by atoms with Gasteiger partial charge in [-0.25, -0.2) is 19.6 Å². The molecule has 8 heterocycles. The van der Waals surface area contributed by atoms with Crippen LogP contribution in [0.4, 0.5) is 11.6 Å². The largest absolute Gasteiger partial charge is 0.480 e. The van der Waals surface area contributed by atoms with E-state index in [1.807, 2.05) is 32.0 Å². The number of aliphatic hydroxyl groups excluding tert-OH is 4. The van der Waals surface area contributed by atoms with Gasteiger partial charge in [0.25, 0.3) is 21.6 Å². The van der Waals surface area contributed by atoms with E-state index in [-0.39, 0.29) is 78.5 Å². The number of benzene rings is 1. The Labute approximate surface area is 680 Å². The van der Waals surface area contributed by atoms with E-state index >= 15 is 0 Å². The van der Waals surface area contributed by atoms with Crippen LogP contribution in [0.15, 0.2) is 53.5 Å². The van der Waals surface area contributed by atoms with Crippen LogP contribution in [0.2, 0.25) is 0 Å². The summed E-state index contributed by atoms with van der Waals surface area (Å²) >= 11 is 0. The third-order valence-electron chi connectivity index (χ3n) is 21.0. The molecule has 1 aliphatic carbocycles. The second kappa shape index (κ2) is 39.1. The van der Waals surface area contributed by atoms with Crippen molar-refractivity contribution >= 4 is 141 Å². The highest BCUT2D eigenvalue weighted by Crippen LogP contribution is 2.49. The number of anilines is 2. The van der Waals surface area contributed by atoms with Crippen molar-refractivity contribution in [3.05, 3.63) is 121 Å². The van der Waals surface area contributed by atoms with E-state index in [9.17, 15) is 101 Å². The summed E-state index contributed by atoms with van der Waals surface area (Å²) in [7, 11) is -1.49. The quantitative estimate of drug-likeness (QED) is 0.00636. The standard InChI is InChI=1S/C75H93N17O23S3/c1-8-39-31(2)42-24-47-55(35(6)94)33(4)44(84-47)22-43-32(3)40(59(86-43)57-58(73(109)114-7)64(99)56-34(5)45(87-60(56)57)23-46(39)83-42)10-9-17-77-48(25-54(97)90-61-65(100)63(98)51(29-93)115-74(61)110)68(102)79-18-20-116-117-30-50(72(107)108)89-69(103)49(26-53(96)78-19-21-118(111,112)113)85-52(95)16-15-41(71(105)106)88-67(101)36-11-13-37(14-12-36)80-27-38-28-81-66-62(82-38)70(104)92-75(76)91-66/h11-14,22-24,28,31-32,39-41,48-51,58,61,63,65,74,77,80,84,87,93,98,100,110H,8-10,15-21,25-27,29-30H2,1-7H3,(H,78,96)(H,79,102)(H,85,95)(H,88,101)(H,89,103)(H,90,97)(H,105,106)(H,107,108)(H,111,112,113)(H3,76,81,91,92,104)/t31-,32+,39-,40+,41+,48?,49+,50+,51?,58-,61?,63?,65?,74?/m1/s1. The molecule has 40 nitrogen and oxygen atoms in total. The first-order valence-corrected chi connectivity index (χ1v) is 41.8. The molecule has 8 bridgehead atoms. The number of esters is 1. The lowest BCUT2D eigenvalue weighted by atomic mass is 9.84. The number of nitrogens with zero attached hydrogens (tertiary/aromatic N) is 5. The summed E-state index contributed by atoms with van der Waals surface area (Å²) < 4.78 is 42.5. The van der Waals surface area contributed by atoms with E-state index in [1.54, 1.807) is 6.92 Å².